The van der Waals surface area contributed by atoms with Gasteiger partial charge in [0.15, 0.2) is 5.69 Å². The average molecular weight is 216 g/mol. The normalized spacial score (nSPS) is 12.1. The summed E-state index contributed by atoms with van der Waals surface area (Å²) < 4.78 is 5.26. The number of ether oxygens (including phenoxy) is 1. The number of imidazole rings is 1. The van der Waals surface area contributed by atoms with Crippen molar-refractivity contribution < 1.29 is 9.53 Å². The van der Waals surface area contributed by atoms with Gasteiger partial charge < -0.3 is 9.72 Å². The highest BCUT2D eigenvalue weighted by Gasteiger charge is 2.14. The van der Waals surface area contributed by atoms with E-state index in [-0.39, 0.29) is 6.10 Å². The van der Waals surface area contributed by atoms with Crippen LogP contribution in [0.15, 0.2) is 42.9 Å². The number of nitrogens with zero attached hydrogens (tertiary/aromatic N) is 1. The van der Waals surface area contributed by atoms with Crippen molar-refractivity contribution in [2.24, 2.45) is 0 Å². The van der Waals surface area contributed by atoms with E-state index in [2.05, 4.69) is 9.97 Å². The number of carbonyl (C=O) groups is 1. The molecule has 0 fully saturated rings. The first-order valence-corrected chi connectivity index (χ1v) is 5.02. The molecule has 4 nitrogen and oxygen atoms in total. The molecular formula is C12H12N2O2. The summed E-state index contributed by atoms with van der Waals surface area (Å²) in [5, 5.41) is 0. The molecule has 0 saturated heterocycles. The minimum absolute atomic E-state index is 0.273. The lowest BCUT2D eigenvalue weighted by Gasteiger charge is -2.12. The van der Waals surface area contributed by atoms with E-state index in [0.29, 0.717) is 5.69 Å². The van der Waals surface area contributed by atoms with E-state index in [1.165, 1.54) is 12.5 Å². The first kappa shape index (κ1) is 10.4. The summed E-state index contributed by atoms with van der Waals surface area (Å²) in [5.74, 6) is -0.419. The first-order valence-electron chi connectivity index (χ1n) is 5.02. The van der Waals surface area contributed by atoms with E-state index in [1.54, 1.807) is 0 Å². The maximum atomic E-state index is 11.6. The molecule has 0 radical (unpaired) electrons. The molecule has 1 unspecified atom stereocenters. The maximum absolute atomic E-state index is 11.6. The molecule has 0 aliphatic heterocycles. The maximum Gasteiger partial charge on any atom is 0.359 e. The summed E-state index contributed by atoms with van der Waals surface area (Å²) in [4.78, 5) is 18.1. The van der Waals surface area contributed by atoms with Gasteiger partial charge in [-0.3, -0.25) is 0 Å². The molecule has 1 heterocycles. The molecule has 1 N–H and O–H groups in total. The minimum Gasteiger partial charge on any atom is -0.453 e. The molecule has 0 saturated carbocycles. The van der Waals surface area contributed by atoms with E-state index in [0.717, 1.165) is 5.56 Å². The number of hydrogen-bond donors (Lipinski definition) is 1. The first-order chi connectivity index (χ1) is 7.77. The molecule has 2 rings (SSSR count). The lowest BCUT2D eigenvalue weighted by atomic mass is 10.1. The molecule has 0 amide bonds. The Morgan fingerprint density at radius 3 is 2.75 bits per heavy atom. The molecule has 1 aromatic heterocycles. The Bertz CT molecular complexity index is 451. The van der Waals surface area contributed by atoms with Gasteiger partial charge in [-0.2, -0.15) is 0 Å². The Morgan fingerprint density at radius 2 is 2.12 bits per heavy atom. The van der Waals surface area contributed by atoms with Gasteiger partial charge in [0, 0.05) is 6.20 Å². The number of H-pyrrole nitrogens is 1. The molecule has 1 aromatic carbocycles. The van der Waals surface area contributed by atoms with Crippen LogP contribution in [-0.2, 0) is 4.74 Å². The number of hydrogen-bond acceptors (Lipinski definition) is 3. The fourth-order valence-corrected chi connectivity index (χ4v) is 1.38. The van der Waals surface area contributed by atoms with Gasteiger partial charge in [-0.25, -0.2) is 9.78 Å². The van der Waals surface area contributed by atoms with E-state index in [4.69, 9.17) is 4.74 Å². The van der Waals surface area contributed by atoms with Crippen molar-refractivity contribution in [1.82, 2.24) is 9.97 Å². The molecule has 1 atom stereocenters. The fraction of sp³-hybridized carbons (Fsp3) is 0.167. The van der Waals surface area contributed by atoms with Crippen LogP contribution in [0.2, 0.25) is 0 Å². The molecular weight excluding hydrogens is 204 g/mol. The number of aromatic nitrogens is 2. The molecule has 0 bridgehead atoms. The lowest BCUT2D eigenvalue weighted by Crippen LogP contribution is -2.09. The van der Waals surface area contributed by atoms with E-state index < -0.39 is 5.97 Å². The van der Waals surface area contributed by atoms with Crippen molar-refractivity contribution >= 4 is 5.97 Å². The summed E-state index contributed by atoms with van der Waals surface area (Å²) in [7, 11) is 0. The van der Waals surface area contributed by atoms with Gasteiger partial charge in [0.2, 0.25) is 0 Å². The third-order valence-corrected chi connectivity index (χ3v) is 2.26. The van der Waals surface area contributed by atoms with Crippen molar-refractivity contribution in [3.63, 3.8) is 0 Å². The second-order valence-corrected chi connectivity index (χ2v) is 3.41. The van der Waals surface area contributed by atoms with Crippen LogP contribution in [0.5, 0.6) is 0 Å². The molecule has 4 heteroatoms. The average Bonchev–Trinajstić information content (AvgIpc) is 2.83. The van der Waals surface area contributed by atoms with Gasteiger partial charge in [0.25, 0.3) is 0 Å². The number of aromatic amines is 1. The number of esters is 1. The Kier molecular flexibility index (Phi) is 3.00. The van der Waals surface area contributed by atoms with Gasteiger partial charge in [-0.05, 0) is 12.5 Å². The Labute approximate surface area is 93.3 Å². The summed E-state index contributed by atoms with van der Waals surface area (Å²) in [6.07, 6.45) is 2.69. The van der Waals surface area contributed by atoms with Crippen LogP contribution in [0.25, 0.3) is 0 Å². The number of carbonyl (C=O) groups excluding carboxylic acids is 1. The topological polar surface area (TPSA) is 55.0 Å². The zero-order valence-corrected chi connectivity index (χ0v) is 8.88. The third-order valence-electron chi connectivity index (χ3n) is 2.26. The van der Waals surface area contributed by atoms with Crippen LogP contribution in [0.3, 0.4) is 0 Å². The van der Waals surface area contributed by atoms with E-state index in [9.17, 15) is 4.79 Å². The predicted molar refractivity (Wildman–Crippen MR) is 58.9 cm³/mol. The SMILES string of the molecule is CC(OC(=O)c1c[nH]cn1)c1ccccc1. The quantitative estimate of drug-likeness (QED) is 0.801. The molecule has 0 aliphatic rings. The van der Waals surface area contributed by atoms with Gasteiger partial charge in [0.05, 0.1) is 6.33 Å². The van der Waals surface area contributed by atoms with Crippen LogP contribution in [0.4, 0.5) is 0 Å². The summed E-state index contributed by atoms with van der Waals surface area (Å²) >= 11 is 0. The Morgan fingerprint density at radius 1 is 1.38 bits per heavy atom. The van der Waals surface area contributed by atoms with Crippen molar-refractivity contribution in [3.8, 4) is 0 Å². The summed E-state index contributed by atoms with van der Waals surface area (Å²) in [6, 6.07) is 9.58. The second kappa shape index (κ2) is 4.61. The smallest absolute Gasteiger partial charge is 0.359 e. The lowest BCUT2D eigenvalue weighted by molar-refractivity contribution is 0.0331. The van der Waals surface area contributed by atoms with Crippen LogP contribution in [0.1, 0.15) is 29.1 Å². The molecule has 2 aromatic rings. The van der Waals surface area contributed by atoms with Crippen LogP contribution < -0.4 is 0 Å². The largest absolute Gasteiger partial charge is 0.453 e. The zero-order chi connectivity index (χ0) is 11.4. The van der Waals surface area contributed by atoms with E-state index in [1.807, 2.05) is 37.3 Å². The predicted octanol–water partition coefficient (Wildman–Crippen LogP) is 2.33. The van der Waals surface area contributed by atoms with Crippen molar-refractivity contribution in [1.29, 1.82) is 0 Å². The number of benzene rings is 1. The molecule has 0 spiro atoms. The van der Waals surface area contributed by atoms with Crippen molar-refractivity contribution in [2.75, 3.05) is 0 Å². The van der Waals surface area contributed by atoms with Crippen LogP contribution in [-0.4, -0.2) is 15.9 Å². The number of rotatable bonds is 3. The fourth-order valence-electron chi connectivity index (χ4n) is 1.38. The molecule has 82 valence electrons. The standard InChI is InChI=1S/C12H12N2O2/c1-9(10-5-3-2-4-6-10)16-12(15)11-7-13-8-14-11/h2-9H,1H3,(H,13,14). The van der Waals surface area contributed by atoms with Crippen LogP contribution in [0, 0.1) is 0 Å². The highest BCUT2D eigenvalue weighted by Crippen LogP contribution is 2.17. The minimum atomic E-state index is -0.419. The van der Waals surface area contributed by atoms with Crippen molar-refractivity contribution in [3.05, 3.63) is 54.1 Å². The zero-order valence-electron chi connectivity index (χ0n) is 8.88. The van der Waals surface area contributed by atoms with E-state index >= 15 is 0 Å². The highest BCUT2D eigenvalue weighted by atomic mass is 16.5. The van der Waals surface area contributed by atoms with Gasteiger partial charge in [-0.15, -0.1) is 0 Å². The van der Waals surface area contributed by atoms with Gasteiger partial charge in [-0.1, -0.05) is 30.3 Å². The summed E-state index contributed by atoms with van der Waals surface area (Å²) in [6.45, 7) is 1.83. The van der Waals surface area contributed by atoms with Crippen LogP contribution >= 0.6 is 0 Å². The molecule has 0 aliphatic carbocycles. The monoisotopic (exact) mass is 216 g/mol. The highest BCUT2D eigenvalue weighted by molar-refractivity contribution is 5.87. The molecule has 16 heavy (non-hydrogen) atoms. The van der Waals surface area contributed by atoms with Gasteiger partial charge >= 0.3 is 5.97 Å². The second-order valence-electron chi connectivity index (χ2n) is 3.41. The van der Waals surface area contributed by atoms with Crippen molar-refractivity contribution in [2.45, 2.75) is 13.0 Å². The number of nitrogens with one attached hydrogen (secondary N) is 1. The Balaban J connectivity index is 2.03. The third kappa shape index (κ3) is 2.28. The Hall–Kier alpha value is -2.10. The summed E-state index contributed by atoms with van der Waals surface area (Å²) in [5.41, 5.74) is 1.26. The van der Waals surface area contributed by atoms with Gasteiger partial charge in [0.1, 0.15) is 6.10 Å².